The zero-order valence-corrected chi connectivity index (χ0v) is 11.6. The number of alkyl halides is 1. The van der Waals surface area contributed by atoms with Gasteiger partial charge in [0.15, 0.2) is 0 Å². The van der Waals surface area contributed by atoms with Crippen molar-refractivity contribution in [1.29, 1.82) is 0 Å². The lowest BCUT2D eigenvalue weighted by Gasteiger charge is -2.19. The summed E-state index contributed by atoms with van der Waals surface area (Å²) in [6.07, 6.45) is 0. The van der Waals surface area contributed by atoms with Gasteiger partial charge in [-0.1, -0.05) is 12.1 Å². The number of halogens is 1. The maximum atomic E-state index is 12.1. The molecule has 0 fully saturated rings. The number of rotatable bonds is 4. The molecule has 0 atom stereocenters. The van der Waals surface area contributed by atoms with Crippen LogP contribution in [0.2, 0.25) is 0 Å². The molecule has 0 aromatic heterocycles. The Morgan fingerprint density at radius 3 is 2.44 bits per heavy atom. The van der Waals surface area contributed by atoms with Crippen LogP contribution in [0.5, 0.6) is 0 Å². The molecule has 0 spiro atoms. The molecule has 18 heavy (non-hydrogen) atoms. The van der Waals surface area contributed by atoms with Crippen LogP contribution in [0.15, 0.2) is 24.3 Å². The quantitative estimate of drug-likeness (QED) is 0.778. The number of likely N-dealkylation sites (N-methyl/N-ethyl adjacent to an activating group) is 2. The molecule has 0 aliphatic carbocycles. The van der Waals surface area contributed by atoms with E-state index in [1.165, 1.54) is 9.80 Å². The third-order valence-electron chi connectivity index (χ3n) is 2.55. The van der Waals surface area contributed by atoms with E-state index in [1.807, 2.05) is 6.07 Å². The van der Waals surface area contributed by atoms with E-state index in [4.69, 9.17) is 11.6 Å². The third kappa shape index (κ3) is 3.74. The molecule has 0 aliphatic rings. The zero-order valence-electron chi connectivity index (χ0n) is 10.8. The molecule has 98 valence electrons. The van der Waals surface area contributed by atoms with E-state index in [-0.39, 0.29) is 18.4 Å². The summed E-state index contributed by atoms with van der Waals surface area (Å²) in [4.78, 5) is 26.5. The summed E-state index contributed by atoms with van der Waals surface area (Å²) < 4.78 is 0. The van der Waals surface area contributed by atoms with Gasteiger partial charge in [0.2, 0.25) is 5.91 Å². The standard InChI is InChI=1S/C13H17ClN2O2/c1-15(2)12(17)9-16(3)13(18)11-6-4-5-10(7-11)8-14/h4-7H,8-9H2,1-3H3. The van der Waals surface area contributed by atoms with Gasteiger partial charge in [-0.25, -0.2) is 0 Å². The van der Waals surface area contributed by atoms with E-state index < -0.39 is 0 Å². The molecule has 0 bridgehead atoms. The first-order chi connectivity index (χ1) is 8.45. The zero-order chi connectivity index (χ0) is 13.7. The first kappa shape index (κ1) is 14.5. The van der Waals surface area contributed by atoms with Crippen molar-refractivity contribution in [3.63, 3.8) is 0 Å². The molecule has 1 aromatic rings. The largest absolute Gasteiger partial charge is 0.347 e. The van der Waals surface area contributed by atoms with Crippen LogP contribution in [0, 0.1) is 0 Å². The van der Waals surface area contributed by atoms with Crippen molar-refractivity contribution in [1.82, 2.24) is 9.80 Å². The topological polar surface area (TPSA) is 40.6 Å². The lowest BCUT2D eigenvalue weighted by atomic mass is 10.1. The molecule has 1 aromatic carbocycles. The fraction of sp³-hybridized carbons (Fsp3) is 0.385. The molecular formula is C13H17ClN2O2. The predicted octanol–water partition coefficient (Wildman–Crippen LogP) is 1.59. The smallest absolute Gasteiger partial charge is 0.254 e. The molecule has 4 nitrogen and oxygen atoms in total. The molecule has 0 saturated carbocycles. The van der Waals surface area contributed by atoms with Crippen molar-refractivity contribution in [2.75, 3.05) is 27.7 Å². The monoisotopic (exact) mass is 268 g/mol. The fourth-order valence-corrected chi connectivity index (χ4v) is 1.59. The van der Waals surface area contributed by atoms with Crippen molar-refractivity contribution < 1.29 is 9.59 Å². The van der Waals surface area contributed by atoms with Crippen molar-refractivity contribution in [3.05, 3.63) is 35.4 Å². The number of hydrogen-bond acceptors (Lipinski definition) is 2. The Bertz CT molecular complexity index is 446. The first-order valence-corrected chi connectivity index (χ1v) is 6.09. The van der Waals surface area contributed by atoms with Gasteiger partial charge in [-0.15, -0.1) is 11.6 Å². The van der Waals surface area contributed by atoms with Gasteiger partial charge in [-0.05, 0) is 17.7 Å². The van der Waals surface area contributed by atoms with Crippen molar-refractivity contribution in [2.45, 2.75) is 5.88 Å². The van der Waals surface area contributed by atoms with Crippen molar-refractivity contribution in [3.8, 4) is 0 Å². The van der Waals surface area contributed by atoms with E-state index in [0.29, 0.717) is 11.4 Å². The maximum Gasteiger partial charge on any atom is 0.254 e. The molecule has 2 amide bonds. The van der Waals surface area contributed by atoms with Crippen molar-refractivity contribution >= 4 is 23.4 Å². The molecule has 0 unspecified atom stereocenters. The second kappa shape index (κ2) is 6.40. The molecule has 0 saturated heterocycles. The Kier molecular flexibility index (Phi) is 5.16. The summed E-state index contributed by atoms with van der Waals surface area (Å²) in [6.45, 7) is 0.0664. The highest BCUT2D eigenvalue weighted by atomic mass is 35.5. The van der Waals surface area contributed by atoms with Crippen LogP contribution in [0.3, 0.4) is 0 Å². The van der Waals surface area contributed by atoms with E-state index >= 15 is 0 Å². The summed E-state index contributed by atoms with van der Waals surface area (Å²) in [7, 11) is 4.93. The average Bonchev–Trinajstić information content (AvgIpc) is 2.37. The van der Waals surface area contributed by atoms with Gasteiger partial charge in [0, 0.05) is 32.6 Å². The summed E-state index contributed by atoms with van der Waals surface area (Å²) in [6, 6.07) is 7.10. The van der Waals surface area contributed by atoms with Crippen LogP contribution in [-0.2, 0) is 10.7 Å². The highest BCUT2D eigenvalue weighted by Crippen LogP contribution is 2.09. The summed E-state index contributed by atoms with van der Waals surface area (Å²) >= 11 is 5.72. The Morgan fingerprint density at radius 2 is 1.89 bits per heavy atom. The molecule has 0 radical (unpaired) electrons. The van der Waals surface area contributed by atoms with Crippen LogP contribution < -0.4 is 0 Å². The summed E-state index contributed by atoms with van der Waals surface area (Å²) in [5.74, 6) is 0.0677. The summed E-state index contributed by atoms with van der Waals surface area (Å²) in [5, 5.41) is 0. The van der Waals surface area contributed by atoms with Crippen molar-refractivity contribution in [2.24, 2.45) is 0 Å². The lowest BCUT2D eigenvalue weighted by molar-refractivity contribution is -0.129. The van der Waals surface area contributed by atoms with Crippen LogP contribution in [-0.4, -0.2) is 49.3 Å². The Labute approximate surface area is 112 Å². The van der Waals surface area contributed by atoms with Gasteiger partial charge < -0.3 is 9.80 Å². The lowest BCUT2D eigenvalue weighted by Crippen LogP contribution is -2.37. The van der Waals surface area contributed by atoms with Crippen LogP contribution in [0.25, 0.3) is 0 Å². The highest BCUT2D eigenvalue weighted by Gasteiger charge is 2.15. The molecule has 0 N–H and O–H groups in total. The van der Waals surface area contributed by atoms with Gasteiger partial charge in [0.05, 0.1) is 6.54 Å². The van der Waals surface area contributed by atoms with E-state index in [0.717, 1.165) is 5.56 Å². The highest BCUT2D eigenvalue weighted by molar-refractivity contribution is 6.17. The normalized spacial score (nSPS) is 10.0. The number of nitrogens with zero attached hydrogens (tertiary/aromatic N) is 2. The van der Waals surface area contributed by atoms with E-state index in [1.54, 1.807) is 39.3 Å². The van der Waals surface area contributed by atoms with Gasteiger partial charge in [0.1, 0.15) is 0 Å². The minimum atomic E-state index is -0.183. The minimum Gasteiger partial charge on any atom is -0.347 e. The van der Waals surface area contributed by atoms with E-state index in [2.05, 4.69) is 0 Å². The summed E-state index contributed by atoms with van der Waals surface area (Å²) in [5.41, 5.74) is 1.43. The van der Waals surface area contributed by atoms with Crippen LogP contribution in [0.4, 0.5) is 0 Å². The second-order valence-corrected chi connectivity index (χ2v) is 4.55. The third-order valence-corrected chi connectivity index (χ3v) is 2.85. The molecular weight excluding hydrogens is 252 g/mol. The number of amides is 2. The number of carbonyl (C=O) groups excluding carboxylic acids is 2. The average molecular weight is 269 g/mol. The molecule has 5 heteroatoms. The minimum absolute atomic E-state index is 0.0664. The maximum absolute atomic E-state index is 12.1. The van der Waals surface area contributed by atoms with Gasteiger partial charge in [-0.2, -0.15) is 0 Å². The van der Waals surface area contributed by atoms with Gasteiger partial charge >= 0.3 is 0 Å². The molecule has 1 rings (SSSR count). The van der Waals surface area contributed by atoms with Crippen LogP contribution in [0.1, 0.15) is 15.9 Å². The SMILES string of the molecule is CN(C)C(=O)CN(C)C(=O)c1cccc(CCl)c1. The number of hydrogen-bond donors (Lipinski definition) is 0. The Morgan fingerprint density at radius 1 is 1.22 bits per heavy atom. The van der Waals surface area contributed by atoms with Gasteiger partial charge in [-0.3, -0.25) is 9.59 Å². The Balaban J connectivity index is 2.77. The number of benzene rings is 1. The van der Waals surface area contributed by atoms with Gasteiger partial charge in [0.25, 0.3) is 5.91 Å². The molecule has 0 heterocycles. The van der Waals surface area contributed by atoms with E-state index in [9.17, 15) is 9.59 Å². The Hall–Kier alpha value is -1.55. The fourth-order valence-electron chi connectivity index (χ4n) is 1.42. The molecule has 0 aliphatic heterocycles. The van der Waals surface area contributed by atoms with Crippen LogP contribution >= 0.6 is 11.6 Å². The first-order valence-electron chi connectivity index (χ1n) is 5.56. The predicted molar refractivity (Wildman–Crippen MR) is 71.7 cm³/mol. The second-order valence-electron chi connectivity index (χ2n) is 4.28. The number of carbonyl (C=O) groups is 2.